The highest BCUT2D eigenvalue weighted by atomic mass is 32.2. The molecular formula is C34H51N5O5S. The van der Waals surface area contributed by atoms with Crippen molar-refractivity contribution in [2.45, 2.75) is 84.7 Å². The average Bonchev–Trinajstić information content (AvgIpc) is 2.94. The van der Waals surface area contributed by atoms with E-state index in [1.807, 2.05) is 78.8 Å². The Bertz CT molecular complexity index is 1460. The molecule has 0 aliphatic heterocycles. The molecule has 45 heavy (non-hydrogen) atoms. The standard InChI is InChI=1S/C34H51N5O5S/c1-22(2)27(20-23(3)30(40)38-45(43,44)21-24-16-18-26(35)19-17-24)39(10)32(42)29(33(4,5)6)37-31(41)28(36-9)34(7,8)25-14-12-11-13-15-25/h11-20,22,27-29,36H,21,35H2,1-10H3,(H,37,41)(H,38,40)/b23-20+. The molecule has 11 heteroatoms. The van der Waals surface area contributed by atoms with Gasteiger partial charge in [-0.3, -0.25) is 14.4 Å². The van der Waals surface area contributed by atoms with E-state index in [-0.39, 0.29) is 29.1 Å². The molecule has 0 saturated carbocycles. The van der Waals surface area contributed by atoms with Gasteiger partial charge in [0.2, 0.25) is 21.8 Å². The number of carbonyl (C=O) groups excluding carboxylic acids is 3. The molecule has 0 radical (unpaired) electrons. The van der Waals surface area contributed by atoms with E-state index in [2.05, 4.69) is 15.4 Å². The van der Waals surface area contributed by atoms with E-state index in [0.29, 0.717) is 11.3 Å². The maximum Gasteiger partial charge on any atom is 0.260 e. The number of benzene rings is 2. The number of hydrogen-bond donors (Lipinski definition) is 4. The second-order valence-electron chi connectivity index (χ2n) is 13.6. The summed E-state index contributed by atoms with van der Waals surface area (Å²) < 4.78 is 27.5. The van der Waals surface area contributed by atoms with Crippen LogP contribution in [0.3, 0.4) is 0 Å². The van der Waals surface area contributed by atoms with E-state index < -0.39 is 44.9 Å². The van der Waals surface area contributed by atoms with Gasteiger partial charge in [-0.1, -0.05) is 97.0 Å². The molecule has 2 aromatic carbocycles. The molecule has 0 aromatic heterocycles. The molecule has 248 valence electrons. The van der Waals surface area contributed by atoms with Gasteiger partial charge in [-0.25, -0.2) is 13.1 Å². The van der Waals surface area contributed by atoms with Gasteiger partial charge in [0.15, 0.2) is 0 Å². The van der Waals surface area contributed by atoms with Crippen LogP contribution < -0.4 is 21.1 Å². The molecule has 0 aliphatic carbocycles. The van der Waals surface area contributed by atoms with Gasteiger partial charge in [-0.2, -0.15) is 0 Å². The third kappa shape index (κ3) is 10.2. The molecule has 3 atom stereocenters. The largest absolute Gasteiger partial charge is 0.399 e. The van der Waals surface area contributed by atoms with Crippen molar-refractivity contribution in [3.05, 3.63) is 77.4 Å². The molecular weight excluding hydrogens is 590 g/mol. The fourth-order valence-corrected chi connectivity index (χ4v) is 6.40. The molecule has 0 aliphatic rings. The lowest BCUT2D eigenvalue weighted by molar-refractivity contribution is -0.140. The van der Waals surface area contributed by atoms with Gasteiger partial charge < -0.3 is 21.3 Å². The number of likely N-dealkylation sites (N-methyl/N-ethyl adjacent to an activating group) is 2. The van der Waals surface area contributed by atoms with Crippen molar-refractivity contribution in [3.8, 4) is 0 Å². The normalized spacial score (nSPS) is 14.8. The number of sulfonamides is 1. The highest BCUT2D eigenvalue weighted by Gasteiger charge is 2.41. The highest BCUT2D eigenvalue weighted by molar-refractivity contribution is 7.89. The smallest absolute Gasteiger partial charge is 0.260 e. The number of nitrogens with zero attached hydrogens (tertiary/aromatic N) is 1. The molecule has 0 saturated heterocycles. The summed E-state index contributed by atoms with van der Waals surface area (Å²) in [6, 6.07) is 14.0. The Morgan fingerprint density at radius 2 is 1.49 bits per heavy atom. The van der Waals surface area contributed by atoms with Gasteiger partial charge in [0.1, 0.15) is 6.04 Å². The highest BCUT2D eigenvalue weighted by Crippen LogP contribution is 2.29. The minimum Gasteiger partial charge on any atom is -0.399 e. The topological polar surface area (TPSA) is 151 Å². The fourth-order valence-electron chi connectivity index (χ4n) is 5.25. The summed E-state index contributed by atoms with van der Waals surface area (Å²) in [4.78, 5) is 42.3. The molecule has 0 spiro atoms. The second kappa shape index (κ2) is 15.1. The Hall–Kier alpha value is -3.70. The van der Waals surface area contributed by atoms with E-state index in [0.717, 1.165) is 5.56 Å². The first-order valence-corrected chi connectivity index (χ1v) is 16.7. The Labute approximate surface area is 269 Å². The predicted octanol–water partition coefficient (Wildman–Crippen LogP) is 3.74. The van der Waals surface area contributed by atoms with Crippen LogP contribution in [0.5, 0.6) is 0 Å². The lowest BCUT2D eigenvalue weighted by Gasteiger charge is -2.40. The first kappa shape index (κ1) is 37.5. The fraction of sp³-hybridized carbons (Fsp3) is 0.500. The van der Waals surface area contributed by atoms with Gasteiger partial charge in [-0.15, -0.1) is 0 Å². The Morgan fingerprint density at radius 1 is 0.933 bits per heavy atom. The van der Waals surface area contributed by atoms with Crippen molar-refractivity contribution < 1.29 is 22.8 Å². The van der Waals surface area contributed by atoms with Crippen LogP contribution in [0.25, 0.3) is 0 Å². The van der Waals surface area contributed by atoms with Crippen LogP contribution in [-0.4, -0.2) is 63.3 Å². The minimum atomic E-state index is -3.99. The number of anilines is 1. The van der Waals surface area contributed by atoms with Crippen LogP contribution in [0.2, 0.25) is 0 Å². The molecule has 0 heterocycles. The zero-order valence-electron chi connectivity index (χ0n) is 28.3. The lowest BCUT2D eigenvalue weighted by Crippen LogP contribution is -2.61. The summed E-state index contributed by atoms with van der Waals surface area (Å²) in [6.07, 6.45) is 1.59. The van der Waals surface area contributed by atoms with Crippen LogP contribution in [-0.2, 0) is 35.6 Å². The van der Waals surface area contributed by atoms with Crippen molar-refractivity contribution in [1.29, 1.82) is 0 Å². The summed E-state index contributed by atoms with van der Waals surface area (Å²) in [7, 11) is -0.642. The van der Waals surface area contributed by atoms with E-state index in [9.17, 15) is 22.8 Å². The third-order valence-corrected chi connectivity index (χ3v) is 9.24. The SMILES string of the molecule is CNC(C(=O)NC(C(=O)N(C)C(/C=C(\C)C(=O)NS(=O)(=O)Cc1ccc(N)cc1)C(C)C)C(C)(C)C)C(C)(C)c1ccccc1. The van der Waals surface area contributed by atoms with Crippen LogP contribution in [0, 0.1) is 11.3 Å². The average molecular weight is 642 g/mol. The molecule has 2 aromatic rings. The zero-order valence-corrected chi connectivity index (χ0v) is 29.1. The van der Waals surface area contributed by atoms with Gasteiger partial charge in [0.05, 0.1) is 17.8 Å². The Morgan fingerprint density at radius 3 is 1.98 bits per heavy atom. The molecule has 5 N–H and O–H groups in total. The summed E-state index contributed by atoms with van der Waals surface area (Å²) >= 11 is 0. The maximum absolute atomic E-state index is 14.1. The van der Waals surface area contributed by atoms with E-state index in [4.69, 9.17) is 5.73 Å². The number of nitrogen functional groups attached to an aromatic ring is 1. The number of nitrogens with two attached hydrogens (primary N) is 1. The van der Waals surface area contributed by atoms with Crippen LogP contribution in [0.1, 0.15) is 66.5 Å². The van der Waals surface area contributed by atoms with Crippen molar-refractivity contribution in [1.82, 2.24) is 20.3 Å². The molecule has 3 amide bonds. The number of hydrogen-bond acceptors (Lipinski definition) is 7. The summed E-state index contributed by atoms with van der Waals surface area (Å²) in [5.74, 6) is -1.95. The van der Waals surface area contributed by atoms with Gasteiger partial charge in [0, 0.05) is 23.7 Å². The Balaban J connectivity index is 2.29. The first-order valence-electron chi connectivity index (χ1n) is 15.1. The number of amides is 3. The Kier molecular flexibility index (Phi) is 12.5. The molecule has 2 rings (SSSR count). The van der Waals surface area contributed by atoms with Crippen LogP contribution in [0.4, 0.5) is 5.69 Å². The number of carbonyl (C=O) groups is 3. The van der Waals surface area contributed by atoms with Gasteiger partial charge in [-0.05, 0) is 48.6 Å². The predicted molar refractivity (Wildman–Crippen MR) is 180 cm³/mol. The van der Waals surface area contributed by atoms with E-state index in [1.54, 1.807) is 44.4 Å². The zero-order chi connectivity index (χ0) is 34.3. The summed E-state index contributed by atoms with van der Waals surface area (Å²) in [5, 5.41) is 6.15. The van der Waals surface area contributed by atoms with E-state index >= 15 is 0 Å². The second-order valence-corrected chi connectivity index (χ2v) is 15.3. The molecule has 0 bridgehead atoms. The first-order chi connectivity index (χ1) is 20.7. The van der Waals surface area contributed by atoms with Crippen molar-refractivity contribution in [2.75, 3.05) is 19.8 Å². The maximum atomic E-state index is 14.1. The quantitative estimate of drug-likeness (QED) is 0.192. The molecule has 10 nitrogen and oxygen atoms in total. The lowest BCUT2D eigenvalue weighted by atomic mass is 9.76. The monoisotopic (exact) mass is 641 g/mol. The number of rotatable bonds is 13. The van der Waals surface area contributed by atoms with Crippen molar-refractivity contribution in [2.24, 2.45) is 11.3 Å². The molecule has 3 unspecified atom stereocenters. The van der Waals surface area contributed by atoms with E-state index in [1.165, 1.54) is 11.8 Å². The van der Waals surface area contributed by atoms with Crippen molar-refractivity contribution in [3.63, 3.8) is 0 Å². The molecule has 0 fully saturated rings. The minimum absolute atomic E-state index is 0.133. The van der Waals surface area contributed by atoms with Crippen LogP contribution >= 0.6 is 0 Å². The number of nitrogens with one attached hydrogen (secondary N) is 3. The summed E-state index contributed by atoms with van der Waals surface area (Å²) in [5.41, 5.74) is 6.55. The van der Waals surface area contributed by atoms with Gasteiger partial charge >= 0.3 is 0 Å². The van der Waals surface area contributed by atoms with Gasteiger partial charge in [0.25, 0.3) is 5.91 Å². The summed E-state index contributed by atoms with van der Waals surface area (Å²) in [6.45, 7) is 14.9. The van der Waals surface area contributed by atoms with Crippen LogP contribution in [0.15, 0.2) is 66.2 Å². The van der Waals surface area contributed by atoms with Crippen molar-refractivity contribution >= 4 is 33.4 Å². The third-order valence-electron chi connectivity index (χ3n) is 8.03.